The first kappa shape index (κ1) is 19.8. The van der Waals surface area contributed by atoms with E-state index >= 15 is 0 Å². The van der Waals surface area contributed by atoms with Crippen LogP contribution in [0.4, 0.5) is 10.2 Å². The molecule has 4 aromatic rings. The number of aryl methyl sites for hydroxylation is 1. The summed E-state index contributed by atoms with van der Waals surface area (Å²) in [6, 6.07) is 8.20. The van der Waals surface area contributed by atoms with Crippen molar-refractivity contribution < 1.29 is 10.6 Å². The van der Waals surface area contributed by atoms with Crippen molar-refractivity contribution in [2.24, 2.45) is 0 Å². The standard InChI is InChI=1S/C25H25FN6O/c1-15(2)32-10-9-27-24(32)20-5-4-6-23(29-20)30-25(33)18-12-22(16(3)11-19(18)26)31-13-21(28-14-31)17-7-8-17/h4-6,9-15,17H,7-8H2,1-3H3,(H,29,30,33)/i14D. The van der Waals surface area contributed by atoms with Crippen LogP contribution in [0.25, 0.3) is 17.2 Å². The fraction of sp³-hybridized carbons (Fsp3) is 0.280. The minimum Gasteiger partial charge on any atom is -0.327 e. The van der Waals surface area contributed by atoms with Gasteiger partial charge in [0, 0.05) is 30.6 Å². The highest BCUT2D eigenvalue weighted by molar-refractivity contribution is 6.04. The second-order valence-electron chi connectivity index (χ2n) is 8.64. The molecular weight excluding hydrogens is 419 g/mol. The normalized spacial score (nSPS) is 13.9. The largest absolute Gasteiger partial charge is 0.327 e. The highest BCUT2D eigenvalue weighted by atomic mass is 19.1. The topological polar surface area (TPSA) is 77.6 Å². The number of nitrogens with zero attached hydrogens (tertiary/aromatic N) is 5. The lowest BCUT2D eigenvalue weighted by molar-refractivity contribution is 0.102. The van der Waals surface area contributed by atoms with E-state index in [1.807, 2.05) is 36.9 Å². The number of anilines is 1. The summed E-state index contributed by atoms with van der Waals surface area (Å²) in [6.07, 6.45) is 7.59. The summed E-state index contributed by atoms with van der Waals surface area (Å²) in [5.41, 5.74) is 2.50. The van der Waals surface area contributed by atoms with Gasteiger partial charge in [0.15, 0.2) is 5.82 Å². The van der Waals surface area contributed by atoms with Gasteiger partial charge in [-0.1, -0.05) is 6.07 Å². The van der Waals surface area contributed by atoms with Gasteiger partial charge in [0.25, 0.3) is 5.91 Å². The molecule has 33 heavy (non-hydrogen) atoms. The molecule has 0 radical (unpaired) electrons. The lowest BCUT2D eigenvalue weighted by Gasteiger charge is -2.13. The van der Waals surface area contributed by atoms with E-state index in [1.165, 1.54) is 12.1 Å². The lowest BCUT2D eigenvalue weighted by Crippen LogP contribution is -2.16. The molecule has 1 fully saturated rings. The number of carbonyl (C=O) groups excluding carboxylic acids is 1. The highest BCUT2D eigenvalue weighted by Crippen LogP contribution is 2.39. The van der Waals surface area contributed by atoms with Crippen molar-refractivity contribution in [2.45, 2.75) is 45.6 Å². The molecule has 3 heterocycles. The highest BCUT2D eigenvalue weighted by Gasteiger charge is 2.26. The quantitative estimate of drug-likeness (QED) is 0.438. The maximum atomic E-state index is 14.8. The number of hydrogen-bond donors (Lipinski definition) is 1. The van der Waals surface area contributed by atoms with Crippen LogP contribution in [0.5, 0.6) is 0 Å². The Balaban J connectivity index is 1.44. The molecule has 0 spiro atoms. The van der Waals surface area contributed by atoms with Gasteiger partial charge in [0.1, 0.15) is 18.7 Å². The van der Waals surface area contributed by atoms with E-state index in [0.717, 1.165) is 18.5 Å². The van der Waals surface area contributed by atoms with E-state index in [4.69, 9.17) is 1.37 Å². The van der Waals surface area contributed by atoms with Crippen LogP contribution in [0.2, 0.25) is 0 Å². The third kappa shape index (κ3) is 4.16. The number of halogens is 1. The zero-order valence-corrected chi connectivity index (χ0v) is 18.7. The molecule has 1 amide bonds. The number of hydrogen-bond acceptors (Lipinski definition) is 4. The van der Waals surface area contributed by atoms with Gasteiger partial charge in [-0.15, -0.1) is 0 Å². The molecule has 168 valence electrons. The molecule has 0 bridgehead atoms. The second kappa shape index (κ2) is 8.27. The van der Waals surface area contributed by atoms with E-state index in [1.54, 1.807) is 29.8 Å². The number of pyridine rings is 1. The molecule has 0 atom stereocenters. The van der Waals surface area contributed by atoms with Gasteiger partial charge in [-0.3, -0.25) is 4.79 Å². The summed E-state index contributed by atoms with van der Waals surface area (Å²) in [5, 5.41) is 2.70. The van der Waals surface area contributed by atoms with E-state index in [-0.39, 0.29) is 17.9 Å². The van der Waals surface area contributed by atoms with Crippen molar-refractivity contribution in [1.82, 2.24) is 24.1 Å². The molecule has 1 N–H and O–H groups in total. The third-order valence-corrected chi connectivity index (χ3v) is 5.78. The van der Waals surface area contributed by atoms with Crippen LogP contribution in [0.1, 0.15) is 61.6 Å². The van der Waals surface area contributed by atoms with Gasteiger partial charge in [-0.2, -0.15) is 0 Å². The SMILES string of the molecule is [2H]c1nc(C2CC2)cn1-c1cc(C(=O)Nc2cccc(-c3nccn3C(C)C)n2)c(F)cc1C. The van der Waals surface area contributed by atoms with Gasteiger partial charge in [-0.05, 0) is 63.4 Å². The molecule has 1 aromatic carbocycles. The number of carbonyl (C=O) groups is 1. The molecule has 5 rings (SSSR count). The van der Waals surface area contributed by atoms with E-state index in [9.17, 15) is 9.18 Å². The van der Waals surface area contributed by atoms with Gasteiger partial charge < -0.3 is 14.5 Å². The van der Waals surface area contributed by atoms with Crippen LogP contribution >= 0.6 is 0 Å². The fourth-order valence-electron chi connectivity index (χ4n) is 3.84. The Morgan fingerprint density at radius 3 is 2.85 bits per heavy atom. The number of rotatable bonds is 6. The second-order valence-corrected chi connectivity index (χ2v) is 8.64. The monoisotopic (exact) mass is 445 g/mol. The Bertz CT molecular complexity index is 1390. The van der Waals surface area contributed by atoms with Crippen molar-refractivity contribution >= 4 is 11.7 Å². The van der Waals surface area contributed by atoms with Crippen LogP contribution in [0.3, 0.4) is 0 Å². The molecule has 0 unspecified atom stereocenters. The smallest absolute Gasteiger partial charge is 0.259 e. The Labute approximate surface area is 192 Å². The average molecular weight is 446 g/mol. The Hall–Kier alpha value is -3.81. The van der Waals surface area contributed by atoms with Crippen molar-refractivity contribution in [3.63, 3.8) is 0 Å². The predicted octanol–water partition coefficient (Wildman–Crippen LogP) is 5.29. The molecule has 1 aliphatic carbocycles. The summed E-state index contributed by atoms with van der Waals surface area (Å²) >= 11 is 0. The average Bonchev–Trinajstić information content (AvgIpc) is 3.39. The number of nitrogens with one attached hydrogen (secondary N) is 1. The molecule has 0 aliphatic heterocycles. The molecule has 0 saturated heterocycles. The van der Waals surface area contributed by atoms with Crippen molar-refractivity contribution in [3.8, 4) is 17.2 Å². The van der Waals surface area contributed by atoms with Crippen LogP contribution in [0, 0.1) is 12.7 Å². The first-order valence-corrected chi connectivity index (χ1v) is 11.0. The first-order valence-electron chi connectivity index (χ1n) is 11.5. The molecule has 1 aliphatic rings. The molecule has 7 nitrogen and oxygen atoms in total. The number of benzene rings is 1. The minimum atomic E-state index is -0.640. The van der Waals surface area contributed by atoms with Gasteiger partial charge in [0.05, 0.1) is 23.2 Å². The Kier molecular flexibility index (Phi) is 4.97. The minimum absolute atomic E-state index is 0.0676. The van der Waals surface area contributed by atoms with Gasteiger partial charge in [0.2, 0.25) is 0 Å². The van der Waals surface area contributed by atoms with Crippen molar-refractivity contribution in [3.05, 3.63) is 77.9 Å². The summed E-state index contributed by atoms with van der Waals surface area (Å²) < 4.78 is 26.6. The molecule has 1 saturated carbocycles. The number of aromatic nitrogens is 5. The van der Waals surface area contributed by atoms with Crippen molar-refractivity contribution in [2.75, 3.05) is 5.32 Å². The Morgan fingerprint density at radius 1 is 1.27 bits per heavy atom. The predicted molar refractivity (Wildman–Crippen MR) is 124 cm³/mol. The Morgan fingerprint density at radius 2 is 2.09 bits per heavy atom. The molecular formula is C25H25FN6O. The maximum Gasteiger partial charge on any atom is 0.259 e. The van der Waals surface area contributed by atoms with E-state index in [0.29, 0.717) is 34.5 Å². The molecule has 8 heteroatoms. The first-order chi connectivity index (χ1) is 16.3. The molecule has 3 aromatic heterocycles. The maximum absolute atomic E-state index is 14.8. The zero-order chi connectivity index (χ0) is 24.0. The van der Waals surface area contributed by atoms with Crippen molar-refractivity contribution in [1.29, 1.82) is 0 Å². The van der Waals surface area contributed by atoms with Crippen LogP contribution < -0.4 is 5.32 Å². The van der Waals surface area contributed by atoms with Gasteiger partial charge in [-0.25, -0.2) is 19.3 Å². The van der Waals surface area contributed by atoms with Gasteiger partial charge >= 0.3 is 0 Å². The summed E-state index contributed by atoms with van der Waals surface area (Å²) in [6.45, 7) is 5.84. The fourth-order valence-corrected chi connectivity index (χ4v) is 3.84. The number of amides is 1. The summed E-state index contributed by atoms with van der Waals surface area (Å²) in [5.74, 6) is 0.106. The van der Waals surface area contributed by atoms with E-state index < -0.39 is 11.7 Å². The zero-order valence-electron chi connectivity index (χ0n) is 19.7. The summed E-state index contributed by atoms with van der Waals surface area (Å²) in [4.78, 5) is 26.2. The van der Waals surface area contributed by atoms with Crippen LogP contribution in [0.15, 0.2) is 55.2 Å². The lowest BCUT2D eigenvalue weighted by atomic mass is 10.1. The van der Waals surface area contributed by atoms with Crippen LogP contribution in [-0.4, -0.2) is 30.0 Å². The van der Waals surface area contributed by atoms with Crippen LogP contribution in [-0.2, 0) is 0 Å². The third-order valence-electron chi connectivity index (χ3n) is 5.78. The summed E-state index contributed by atoms with van der Waals surface area (Å²) in [7, 11) is 0. The van der Waals surface area contributed by atoms with E-state index in [2.05, 4.69) is 20.3 Å². The number of imidazole rings is 2.